The van der Waals surface area contributed by atoms with Crippen molar-refractivity contribution < 1.29 is 0 Å². The predicted molar refractivity (Wildman–Crippen MR) is 97.2 cm³/mol. The maximum absolute atomic E-state index is 3.53. The van der Waals surface area contributed by atoms with Crippen LogP contribution in [0.5, 0.6) is 0 Å². The molecule has 0 atom stereocenters. The molecule has 0 spiro atoms. The van der Waals surface area contributed by atoms with Gasteiger partial charge in [-0.3, -0.25) is 10.4 Å². The molecule has 0 heterocycles. The van der Waals surface area contributed by atoms with Crippen molar-refractivity contribution in [1.82, 2.24) is 0 Å². The van der Waals surface area contributed by atoms with E-state index in [1.165, 1.54) is 44.2 Å². The molecule has 0 aliphatic rings. The summed E-state index contributed by atoms with van der Waals surface area (Å²) < 4.78 is 0. The molecule has 2 nitrogen and oxygen atoms in total. The third-order valence-electron chi connectivity index (χ3n) is 3.84. The van der Waals surface area contributed by atoms with E-state index in [4.69, 9.17) is 0 Å². The lowest BCUT2D eigenvalue weighted by Crippen LogP contribution is -2.30. The van der Waals surface area contributed by atoms with E-state index in [0.717, 1.165) is 12.2 Å². The average molecular weight is 296 g/mol. The summed E-state index contributed by atoms with van der Waals surface area (Å²) in [6, 6.07) is 21.0. The molecule has 1 N–H and O–H groups in total. The molecular formula is C20H28N2. The number of hydrazine groups is 1. The fourth-order valence-corrected chi connectivity index (χ4v) is 2.58. The van der Waals surface area contributed by atoms with Crippen LogP contribution < -0.4 is 10.4 Å². The normalized spacial score (nSPS) is 10.4. The molecule has 2 rings (SSSR count). The first-order chi connectivity index (χ1) is 10.9. The van der Waals surface area contributed by atoms with E-state index in [-0.39, 0.29) is 0 Å². The zero-order valence-electron chi connectivity index (χ0n) is 13.7. The van der Waals surface area contributed by atoms with E-state index in [1.807, 2.05) is 6.07 Å². The summed E-state index contributed by atoms with van der Waals surface area (Å²) in [5.74, 6) is 0. The van der Waals surface area contributed by atoms with E-state index in [0.29, 0.717) is 0 Å². The van der Waals surface area contributed by atoms with Gasteiger partial charge in [0.2, 0.25) is 0 Å². The van der Waals surface area contributed by atoms with E-state index >= 15 is 0 Å². The Bertz CT molecular complexity index is 496. The zero-order chi connectivity index (χ0) is 15.5. The minimum atomic E-state index is 1.03. The molecule has 0 aliphatic carbocycles. The molecule has 0 saturated heterocycles. The van der Waals surface area contributed by atoms with Gasteiger partial charge in [-0.05, 0) is 30.7 Å². The predicted octanol–water partition coefficient (Wildman–Crippen LogP) is 5.88. The maximum Gasteiger partial charge on any atom is 0.0571 e. The molecular weight excluding hydrogens is 268 g/mol. The third-order valence-corrected chi connectivity index (χ3v) is 3.84. The summed E-state index contributed by atoms with van der Waals surface area (Å²) in [6.07, 6.45) is 7.92. The van der Waals surface area contributed by atoms with Gasteiger partial charge in [0.15, 0.2) is 0 Å². The molecule has 0 fully saturated rings. The Balaban J connectivity index is 1.88. The highest BCUT2D eigenvalue weighted by molar-refractivity contribution is 5.54. The zero-order valence-corrected chi connectivity index (χ0v) is 13.7. The van der Waals surface area contributed by atoms with Gasteiger partial charge in [-0.1, -0.05) is 75.4 Å². The van der Waals surface area contributed by atoms with E-state index in [1.54, 1.807) is 0 Å². The highest BCUT2D eigenvalue weighted by Gasteiger charge is 2.05. The molecule has 2 aromatic rings. The highest BCUT2D eigenvalue weighted by atomic mass is 15.5. The number of nitrogens with one attached hydrogen (secondary N) is 1. The summed E-state index contributed by atoms with van der Waals surface area (Å²) >= 11 is 0. The van der Waals surface area contributed by atoms with Gasteiger partial charge in [-0.2, -0.15) is 0 Å². The van der Waals surface area contributed by atoms with Gasteiger partial charge in [-0.15, -0.1) is 0 Å². The van der Waals surface area contributed by atoms with Crippen LogP contribution in [0.1, 0.15) is 45.4 Å². The van der Waals surface area contributed by atoms with E-state index < -0.39 is 0 Å². The first-order valence-corrected chi connectivity index (χ1v) is 8.54. The standard InChI is InChI=1S/C20H28N2/c1-2-3-4-5-6-13-18-22(20-16-11-8-12-17-20)21-19-14-9-7-10-15-19/h7-12,14-17,21H,2-6,13,18H2,1H3. The third kappa shape index (κ3) is 5.80. The van der Waals surface area contributed by atoms with Crippen molar-refractivity contribution >= 4 is 11.4 Å². The number of nitrogens with zero attached hydrogens (tertiary/aromatic N) is 1. The lowest BCUT2D eigenvalue weighted by atomic mass is 10.1. The molecule has 22 heavy (non-hydrogen) atoms. The van der Waals surface area contributed by atoms with Crippen molar-refractivity contribution in [2.75, 3.05) is 17.0 Å². The second-order valence-corrected chi connectivity index (χ2v) is 5.73. The summed E-state index contributed by atoms with van der Waals surface area (Å²) in [7, 11) is 0. The molecule has 2 aromatic carbocycles. The number of unbranched alkanes of at least 4 members (excludes halogenated alkanes) is 5. The van der Waals surface area contributed by atoms with Crippen LogP contribution in [-0.2, 0) is 0 Å². The Morgan fingerprint density at radius 2 is 1.32 bits per heavy atom. The topological polar surface area (TPSA) is 15.3 Å². The van der Waals surface area contributed by atoms with E-state index in [9.17, 15) is 0 Å². The molecule has 0 aromatic heterocycles. The lowest BCUT2D eigenvalue weighted by molar-refractivity contribution is 0.605. The van der Waals surface area contributed by atoms with Gasteiger partial charge in [-0.25, -0.2) is 0 Å². The second-order valence-electron chi connectivity index (χ2n) is 5.73. The van der Waals surface area contributed by atoms with Crippen LogP contribution in [0.2, 0.25) is 0 Å². The lowest BCUT2D eigenvalue weighted by Gasteiger charge is -2.26. The SMILES string of the molecule is CCCCCCCCN(Nc1ccccc1)c1ccccc1. The summed E-state index contributed by atoms with van der Waals surface area (Å²) in [6.45, 7) is 3.30. The van der Waals surface area contributed by atoms with Crippen LogP contribution in [0.25, 0.3) is 0 Å². The Kier molecular flexibility index (Phi) is 7.37. The summed E-state index contributed by atoms with van der Waals surface area (Å²) in [5, 5.41) is 2.26. The van der Waals surface area contributed by atoms with Crippen LogP contribution in [0.3, 0.4) is 0 Å². The summed E-state index contributed by atoms with van der Waals surface area (Å²) in [4.78, 5) is 0. The molecule has 0 aliphatic heterocycles. The minimum absolute atomic E-state index is 1.03. The molecule has 0 bridgehead atoms. The molecule has 0 amide bonds. The number of para-hydroxylation sites is 2. The number of anilines is 2. The van der Waals surface area contributed by atoms with Crippen LogP contribution in [0, 0.1) is 0 Å². The Morgan fingerprint density at radius 1 is 0.727 bits per heavy atom. The molecule has 2 heteroatoms. The van der Waals surface area contributed by atoms with E-state index in [2.05, 4.69) is 72.0 Å². The fourth-order valence-electron chi connectivity index (χ4n) is 2.58. The number of benzene rings is 2. The molecule has 0 unspecified atom stereocenters. The van der Waals surface area contributed by atoms with Crippen LogP contribution in [-0.4, -0.2) is 6.54 Å². The molecule has 0 radical (unpaired) electrons. The van der Waals surface area contributed by atoms with Crippen molar-refractivity contribution in [3.05, 3.63) is 60.7 Å². The van der Waals surface area contributed by atoms with Gasteiger partial charge in [0.1, 0.15) is 0 Å². The van der Waals surface area contributed by atoms with Gasteiger partial charge in [0, 0.05) is 6.54 Å². The second kappa shape index (κ2) is 9.88. The van der Waals surface area contributed by atoms with Crippen LogP contribution in [0.15, 0.2) is 60.7 Å². The largest absolute Gasteiger partial charge is 0.298 e. The molecule has 118 valence electrons. The Labute approximate surface area is 135 Å². The summed E-state index contributed by atoms with van der Waals surface area (Å²) in [5.41, 5.74) is 5.89. The van der Waals surface area contributed by atoms with Gasteiger partial charge in [0.25, 0.3) is 0 Å². The minimum Gasteiger partial charge on any atom is -0.298 e. The first kappa shape index (κ1) is 16.4. The Hall–Kier alpha value is -1.96. The Morgan fingerprint density at radius 3 is 2.00 bits per heavy atom. The fraction of sp³-hybridized carbons (Fsp3) is 0.400. The first-order valence-electron chi connectivity index (χ1n) is 8.54. The van der Waals surface area contributed by atoms with Crippen molar-refractivity contribution in [3.63, 3.8) is 0 Å². The molecule has 0 saturated carbocycles. The van der Waals surface area contributed by atoms with Crippen LogP contribution in [0.4, 0.5) is 11.4 Å². The monoisotopic (exact) mass is 296 g/mol. The van der Waals surface area contributed by atoms with Crippen molar-refractivity contribution in [3.8, 4) is 0 Å². The smallest absolute Gasteiger partial charge is 0.0571 e. The number of rotatable bonds is 10. The highest BCUT2D eigenvalue weighted by Crippen LogP contribution is 2.17. The number of hydrogen-bond donors (Lipinski definition) is 1. The van der Waals surface area contributed by atoms with Crippen molar-refractivity contribution in [2.45, 2.75) is 45.4 Å². The van der Waals surface area contributed by atoms with Gasteiger partial charge >= 0.3 is 0 Å². The van der Waals surface area contributed by atoms with Crippen LogP contribution >= 0.6 is 0 Å². The number of hydrogen-bond acceptors (Lipinski definition) is 2. The van der Waals surface area contributed by atoms with Gasteiger partial charge < -0.3 is 0 Å². The maximum atomic E-state index is 3.53. The van der Waals surface area contributed by atoms with Crippen molar-refractivity contribution in [1.29, 1.82) is 0 Å². The van der Waals surface area contributed by atoms with Gasteiger partial charge in [0.05, 0.1) is 11.4 Å². The average Bonchev–Trinajstić information content (AvgIpc) is 2.58. The van der Waals surface area contributed by atoms with Crippen molar-refractivity contribution in [2.24, 2.45) is 0 Å². The quantitative estimate of drug-likeness (QED) is 0.435.